The first-order chi connectivity index (χ1) is 14.2. The summed E-state index contributed by atoms with van der Waals surface area (Å²) in [7, 11) is -14.1. The van der Waals surface area contributed by atoms with Crippen molar-refractivity contribution < 1.29 is 34.4 Å². The molecule has 0 aliphatic carbocycles. The van der Waals surface area contributed by atoms with Crippen LogP contribution in [0.1, 0.15) is 15.1 Å². The first kappa shape index (κ1) is 26.4. The van der Waals surface area contributed by atoms with Gasteiger partial charge in [-0.1, -0.05) is 0 Å². The van der Waals surface area contributed by atoms with Crippen LogP contribution in [0.4, 0.5) is 0 Å². The van der Waals surface area contributed by atoms with Crippen LogP contribution in [0.2, 0.25) is 29.6 Å². The van der Waals surface area contributed by atoms with Crippen LogP contribution in [-0.4, -0.2) is 71.1 Å². The van der Waals surface area contributed by atoms with Crippen LogP contribution in [0.15, 0.2) is 49.9 Å². The maximum atomic E-state index is 13.8. The van der Waals surface area contributed by atoms with E-state index in [1.165, 1.54) is 12.1 Å². The SMILES string of the molecule is [CH3][Sn]([CH3])([CH3])[c]1ccc(S(=O)(=O)O)c2c1[CH]([Sn]([CH3])([CH3])[CH3])c1ccc(S(=O)(=O)O)cc1S2(=O)=O. The maximum absolute atomic E-state index is 13.8. The molecule has 3 rings (SSSR count). The van der Waals surface area contributed by atoms with E-state index in [9.17, 15) is 34.4 Å². The summed E-state index contributed by atoms with van der Waals surface area (Å²) in [5, 5.41) is 0. The fourth-order valence-corrected chi connectivity index (χ4v) is 21.5. The third kappa shape index (κ3) is 4.54. The number of hydrogen-bond donors (Lipinski definition) is 2. The molecule has 2 aromatic rings. The number of benzene rings is 2. The second-order valence-electron chi connectivity index (χ2n) is 10.1. The van der Waals surface area contributed by atoms with E-state index in [-0.39, 0.29) is 8.83 Å². The molecule has 1 aliphatic rings. The molecule has 8 nitrogen and oxygen atoms in total. The first-order valence-electron chi connectivity index (χ1n) is 9.70. The summed E-state index contributed by atoms with van der Waals surface area (Å²) in [4.78, 5) is 10.4. The van der Waals surface area contributed by atoms with Crippen molar-refractivity contribution in [2.24, 2.45) is 0 Å². The van der Waals surface area contributed by atoms with Gasteiger partial charge in [-0.2, -0.15) is 0 Å². The fourth-order valence-electron chi connectivity index (χ4n) is 4.31. The van der Waals surface area contributed by atoms with Crippen molar-refractivity contribution in [3.05, 3.63) is 41.5 Å². The zero-order chi connectivity index (χ0) is 24.7. The van der Waals surface area contributed by atoms with Gasteiger partial charge in [-0.15, -0.1) is 0 Å². The molecule has 13 heteroatoms. The van der Waals surface area contributed by atoms with Gasteiger partial charge in [0.25, 0.3) is 0 Å². The molecule has 1 heterocycles. The summed E-state index contributed by atoms with van der Waals surface area (Å²) >= 11 is -6.19. The van der Waals surface area contributed by atoms with Crippen LogP contribution in [-0.2, 0) is 30.1 Å². The molecular formula is C19H26O8S3Sn2. The van der Waals surface area contributed by atoms with Gasteiger partial charge in [0.2, 0.25) is 0 Å². The molecule has 0 bridgehead atoms. The average molecular weight is 716 g/mol. The second-order valence-corrected chi connectivity index (χ2v) is 44.3. The number of hydrogen-bond acceptors (Lipinski definition) is 6. The molecule has 1 unspecified atom stereocenters. The molecule has 32 heavy (non-hydrogen) atoms. The van der Waals surface area contributed by atoms with Gasteiger partial charge in [-0.05, 0) is 0 Å². The van der Waals surface area contributed by atoms with Crippen LogP contribution in [0.25, 0.3) is 0 Å². The quantitative estimate of drug-likeness (QED) is 0.364. The van der Waals surface area contributed by atoms with Crippen LogP contribution >= 0.6 is 0 Å². The van der Waals surface area contributed by atoms with Gasteiger partial charge in [0.1, 0.15) is 0 Å². The molecule has 0 saturated carbocycles. The monoisotopic (exact) mass is 718 g/mol. The van der Waals surface area contributed by atoms with Crippen molar-refractivity contribution in [2.45, 2.75) is 53.2 Å². The average Bonchev–Trinajstić information content (AvgIpc) is 2.57. The Morgan fingerprint density at radius 2 is 1.41 bits per heavy atom. The molecule has 0 fully saturated rings. The van der Waals surface area contributed by atoms with E-state index in [0.717, 1.165) is 15.7 Å². The molecule has 0 amide bonds. The summed E-state index contributed by atoms with van der Waals surface area (Å²) in [6, 6.07) is 6.24. The van der Waals surface area contributed by atoms with Gasteiger partial charge in [-0.3, -0.25) is 0 Å². The topological polar surface area (TPSA) is 143 Å². The standard InChI is InChI=1S/C13H8O8S3.6CH3.2Sn/c14-22(15)12-7-10(23(16,17)18)5-4-8(12)6-9-2-1-3-11(13(9)22)24(19,20)21;;;;;;;;/h1,3-7H,(H,16,17,18)(H,19,20,21);6*1H3;;. The molecule has 0 spiro atoms. The Labute approximate surface area is 197 Å². The summed E-state index contributed by atoms with van der Waals surface area (Å²) in [5.41, 5.74) is 0.858. The van der Waals surface area contributed by atoms with Gasteiger partial charge in [-0.25, -0.2) is 0 Å². The van der Waals surface area contributed by atoms with Gasteiger partial charge in [0.05, 0.1) is 0 Å². The molecule has 0 saturated heterocycles. The van der Waals surface area contributed by atoms with Crippen molar-refractivity contribution in [3.63, 3.8) is 0 Å². The van der Waals surface area contributed by atoms with E-state index in [1.54, 1.807) is 6.07 Å². The van der Waals surface area contributed by atoms with Gasteiger partial charge in [0, 0.05) is 0 Å². The number of rotatable bonds is 4. The van der Waals surface area contributed by atoms with Crippen molar-refractivity contribution in [2.75, 3.05) is 0 Å². The predicted molar refractivity (Wildman–Crippen MR) is 126 cm³/mol. The summed E-state index contributed by atoms with van der Waals surface area (Å²) in [6.07, 6.45) is 0. The summed E-state index contributed by atoms with van der Waals surface area (Å²) in [5.74, 6) is 0. The van der Waals surface area contributed by atoms with E-state index in [4.69, 9.17) is 0 Å². The van der Waals surface area contributed by atoms with Gasteiger partial charge < -0.3 is 0 Å². The van der Waals surface area contributed by atoms with Gasteiger partial charge in [0.15, 0.2) is 0 Å². The van der Waals surface area contributed by atoms with Crippen molar-refractivity contribution in [1.82, 2.24) is 0 Å². The van der Waals surface area contributed by atoms with E-state index in [1.807, 2.05) is 0 Å². The second kappa shape index (κ2) is 7.91. The Morgan fingerprint density at radius 1 is 0.844 bits per heavy atom. The molecule has 176 valence electrons. The van der Waals surface area contributed by atoms with E-state index in [2.05, 4.69) is 29.6 Å². The van der Waals surface area contributed by atoms with Crippen LogP contribution in [0, 0.1) is 0 Å². The minimum absolute atomic E-state index is 0.345. The van der Waals surface area contributed by atoms with Crippen molar-refractivity contribution in [1.29, 1.82) is 0 Å². The summed E-state index contributed by atoms with van der Waals surface area (Å²) < 4.78 is 95.3. The minimum atomic E-state index is -4.89. The molecular weight excluding hydrogens is 690 g/mol. The Balaban J connectivity index is 2.66. The Kier molecular flexibility index (Phi) is 6.53. The Bertz CT molecular complexity index is 1450. The zero-order valence-electron chi connectivity index (χ0n) is 18.5. The van der Waals surface area contributed by atoms with Crippen LogP contribution in [0.3, 0.4) is 0 Å². The predicted octanol–water partition coefficient (Wildman–Crippen LogP) is 2.88. The van der Waals surface area contributed by atoms with E-state index < -0.39 is 81.5 Å². The molecule has 0 aromatic heterocycles. The third-order valence-electron chi connectivity index (χ3n) is 5.55. The molecule has 1 atom stereocenters. The normalized spacial score (nSPS) is 18.7. The molecule has 1 aliphatic heterocycles. The van der Waals surface area contributed by atoms with Crippen molar-refractivity contribution in [3.8, 4) is 0 Å². The summed E-state index contributed by atoms with van der Waals surface area (Å²) in [6.45, 7) is 0. The molecule has 0 radical (unpaired) electrons. The number of fused-ring (bicyclic) bond motifs is 2. The van der Waals surface area contributed by atoms with Crippen molar-refractivity contribution >= 4 is 70.4 Å². The third-order valence-corrected chi connectivity index (χ3v) is 21.8. The van der Waals surface area contributed by atoms with Gasteiger partial charge >= 0.3 is 199 Å². The zero-order valence-corrected chi connectivity index (χ0v) is 26.7. The Morgan fingerprint density at radius 3 is 1.84 bits per heavy atom. The van der Waals surface area contributed by atoms with Crippen LogP contribution < -0.4 is 3.58 Å². The molecule has 2 N–H and O–H groups in total. The van der Waals surface area contributed by atoms with Crippen LogP contribution in [0.5, 0.6) is 0 Å². The molecule has 2 aromatic carbocycles. The fraction of sp³-hybridized carbons (Fsp3) is 0.368. The van der Waals surface area contributed by atoms with E-state index in [0.29, 0.717) is 11.1 Å². The Hall–Kier alpha value is -0.193. The first-order valence-corrected chi connectivity index (χ1v) is 34.3. The number of sulfone groups is 1. The van der Waals surface area contributed by atoms with E-state index >= 15 is 0 Å².